The monoisotopic (exact) mass is 272 g/mol. The molecule has 2 aliphatic rings. The first-order valence-electron chi connectivity index (χ1n) is 6.90. The molecule has 5 heteroatoms. The van der Waals surface area contributed by atoms with Gasteiger partial charge in [0.05, 0.1) is 18.0 Å². The summed E-state index contributed by atoms with van der Waals surface area (Å²) in [5, 5.41) is 4.01. The van der Waals surface area contributed by atoms with Gasteiger partial charge < -0.3 is 15.0 Å². The van der Waals surface area contributed by atoms with Crippen LogP contribution in [0.1, 0.15) is 26.7 Å². The first-order chi connectivity index (χ1) is 8.65. The van der Waals surface area contributed by atoms with Crippen molar-refractivity contribution in [1.29, 1.82) is 0 Å². The average molecular weight is 272 g/mol. The molecule has 0 aliphatic carbocycles. The van der Waals surface area contributed by atoms with Crippen molar-refractivity contribution in [3.63, 3.8) is 0 Å². The van der Waals surface area contributed by atoms with Gasteiger partial charge in [-0.25, -0.2) is 0 Å². The van der Waals surface area contributed by atoms with E-state index in [1.54, 1.807) is 0 Å². The van der Waals surface area contributed by atoms with Crippen molar-refractivity contribution in [3.05, 3.63) is 0 Å². The largest absolute Gasteiger partial charge is 0.372 e. The number of rotatable bonds is 3. The number of hydrogen-bond acceptors (Lipinski definition) is 4. The Bertz CT molecular complexity index is 272. The Labute approximate surface area is 114 Å². The average Bonchev–Trinajstić information content (AvgIpc) is 2.36. The lowest BCUT2D eigenvalue weighted by Gasteiger charge is -2.35. The molecule has 0 aromatic carbocycles. The lowest BCUT2D eigenvalue weighted by Crippen LogP contribution is -2.49. The van der Waals surface area contributed by atoms with E-state index in [-0.39, 0.29) is 18.1 Å². The van der Waals surface area contributed by atoms with E-state index in [0.29, 0.717) is 11.0 Å². The third-order valence-corrected chi connectivity index (χ3v) is 4.86. The van der Waals surface area contributed by atoms with Crippen LogP contribution in [0.5, 0.6) is 0 Å². The van der Waals surface area contributed by atoms with Gasteiger partial charge in [0, 0.05) is 18.3 Å². The fourth-order valence-electron chi connectivity index (χ4n) is 2.62. The second-order valence-corrected chi connectivity index (χ2v) is 6.61. The van der Waals surface area contributed by atoms with E-state index < -0.39 is 0 Å². The van der Waals surface area contributed by atoms with E-state index in [2.05, 4.69) is 5.32 Å². The Kier molecular flexibility index (Phi) is 5.33. The molecule has 0 saturated carbocycles. The third kappa shape index (κ3) is 4.14. The number of nitrogens with zero attached hydrogens (tertiary/aromatic N) is 1. The lowest BCUT2D eigenvalue weighted by atomic mass is 10.2. The number of piperidine rings is 1. The van der Waals surface area contributed by atoms with Crippen molar-refractivity contribution < 1.29 is 9.53 Å². The van der Waals surface area contributed by atoms with Crippen molar-refractivity contribution >= 4 is 17.7 Å². The van der Waals surface area contributed by atoms with E-state index in [4.69, 9.17) is 4.74 Å². The predicted molar refractivity (Wildman–Crippen MR) is 74.9 cm³/mol. The molecule has 1 amide bonds. The molecular weight excluding hydrogens is 248 g/mol. The summed E-state index contributed by atoms with van der Waals surface area (Å²) in [6.45, 7) is 7.76. The topological polar surface area (TPSA) is 41.6 Å². The molecule has 2 aliphatic heterocycles. The van der Waals surface area contributed by atoms with Gasteiger partial charge in [0.25, 0.3) is 0 Å². The van der Waals surface area contributed by atoms with Crippen molar-refractivity contribution in [2.24, 2.45) is 0 Å². The van der Waals surface area contributed by atoms with Gasteiger partial charge in [0.15, 0.2) is 0 Å². The number of ether oxygens (including phenoxy) is 1. The quantitative estimate of drug-likeness (QED) is 0.835. The molecule has 4 nitrogen and oxygen atoms in total. The van der Waals surface area contributed by atoms with E-state index in [1.807, 2.05) is 30.5 Å². The van der Waals surface area contributed by atoms with Crippen LogP contribution in [0.15, 0.2) is 0 Å². The molecule has 18 heavy (non-hydrogen) atoms. The standard InChI is InChI=1S/C13H24N2O2S/c1-10-7-15(8-11(2)17-10)13(16)9-18-12-3-5-14-6-4-12/h10-12,14H,3-9H2,1-2H3/t10-,11+. The first-order valence-corrected chi connectivity index (χ1v) is 7.95. The van der Waals surface area contributed by atoms with Gasteiger partial charge in [0.1, 0.15) is 0 Å². The number of amides is 1. The van der Waals surface area contributed by atoms with Crippen molar-refractivity contribution in [3.8, 4) is 0 Å². The fraction of sp³-hybridized carbons (Fsp3) is 0.923. The Morgan fingerprint density at radius 3 is 2.50 bits per heavy atom. The number of nitrogens with one attached hydrogen (secondary N) is 1. The summed E-state index contributed by atoms with van der Waals surface area (Å²) in [6.07, 6.45) is 2.71. The summed E-state index contributed by atoms with van der Waals surface area (Å²) in [4.78, 5) is 14.1. The van der Waals surface area contributed by atoms with Gasteiger partial charge >= 0.3 is 0 Å². The van der Waals surface area contributed by atoms with Crippen LogP contribution in [0.3, 0.4) is 0 Å². The van der Waals surface area contributed by atoms with Gasteiger partial charge in [-0.3, -0.25) is 4.79 Å². The highest BCUT2D eigenvalue weighted by Crippen LogP contribution is 2.21. The molecule has 0 bridgehead atoms. The smallest absolute Gasteiger partial charge is 0.232 e. The highest BCUT2D eigenvalue weighted by Gasteiger charge is 2.26. The maximum absolute atomic E-state index is 12.2. The second-order valence-electron chi connectivity index (χ2n) is 5.32. The summed E-state index contributed by atoms with van der Waals surface area (Å²) < 4.78 is 5.65. The molecule has 2 rings (SSSR count). The Balaban J connectivity index is 1.73. The van der Waals surface area contributed by atoms with Gasteiger partial charge in [-0.15, -0.1) is 11.8 Å². The van der Waals surface area contributed by atoms with E-state index in [9.17, 15) is 4.79 Å². The van der Waals surface area contributed by atoms with E-state index in [0.717, 1.165) is 26.2 Å². The summed E-state index contributed by atoms with van der Waals surface area (Å²) in [5.41, 5.74) is 0. The zero-order valence-electron chi connectivity index (χ0n) is 11.4. The Morgan fingerprint density at radius 1 is 1.28 bits per heavy atom. The maximum Gasteiger partial charge on any atom is 0.232 e. The summed E-state index contributed by atoms with van der Waals surface area (Å²) >= 11 is 1.83. The fourth-order valence-corrected chi connectivity index (χ4v) is 3.75. The van der Waals surface area contributed by atoms with E-state index >= 15 is 0 Å². The van der Waals surface area contributed by atoms with Crippen LogP contribution in [-0.4, -0.2) is 60.2 Å². The summed E-state index contributed by atoms with van der Waals surface area (Å²) in [5.74, 6) is 0.907. The van der Waals surface area contributed by atoms with Crippen LogP contribution in [0.2, 0.25) is 0 Å². The number of thioether (sulfide) groups is 1. The highest BCUT2D eigenvalue weighted by molar-refractivity contribution is 8.00. The number of morpholine rings is 1. The number of hydrogen-bond donors (Lipinski definition) is 1. The van der Waals surface area contributed by atoms with Gasteiger partial charge in [-0.05, 0) is 39.8 Å². The van der Waals surface area contributed by atoms with Crippen LogP contribution in [0, 0.1) is 0 Å². The predicted octanol–water partition coefficient (Wildman–Crippen LogP) is 1.11. The first kappa shape index (κ1) is 14.2. The molecule has 1 N–H and O–H groups in total. The maximum atomic E-state index is 12.2. The molecule has 0 aromatic rings. The highest BCUT2D eigenvalue weighted by atomic mass is 32.2. The molecule has 2 fully saturated rings. The minimum absolute atomic E-state index is 0.168. The third-order valence-electron chi connectivity index (χ3n) is 3.50. The molecule has 0 spiro atoms. The van der Waals surface area contributed by atoms with Crippen LogP contribution in [0.4, 0.5) is 0 Å². The van der Waals surface area contributed by atoms with Crippen LogP contribution in [0.25, 0.3) is 0 Å². The van der Waals surface area contributed by atoms with Gasteiger partial charge in [-0.1, -0.05) is 0 Å². The van der Waals surface area contributed by atoms with Gasteiger partial charge in [-0.2, -0.15) is 0 Å². The zero-order chi connectivity index (χ0) is 13.0. The molecular formula is C13H24N2O2S. The SMILES string of the molecule is C[C@@H]1CN(C(=O)CSC2CCNCC2)C[C@H](C)O1. The van der Waals surface area contributed by atoms with Crippen molar-refractivity contribution in [1.82, 2.24) is 10.2 Å². The van der Waals surface area contributed by atoms with Crippen LogP contribution in [-0.2, 0) is 9.53 Å². The second kappa shape index (κ2) is 6.78. The number of carbonyl (C=O) groups excluding carboxylic acids is 1. The van der Waals surface area contributed by atoms with Crippen LogP contribution < -0.4 is 5.32 Å². The van der Waals surface area contributed by atoms with Gasteiger partial charge in [0.2, 0.25) is 5.91 Å². The minimum atomic E-state index is 0.168. The molecule has 104 valence electrons. The molecule has 0 radical (unpaired) electrons. The Hall–Kier alpha value is -0.260. The van der Waals surface area contributed by atoms with Crippen molar-refractivity contribution in [2.45, 2.75) is 44.1 Å². The van der Waals surface area contributed by atoms with Crippen molar-refractivity contribution in [2.75, 3.05) is 31.9 Å². The summed E-state index contributed by atoms with van der Waals surface area (Å²) in [6, 6.07) is 0. The Morgan fingerprint density at radius 2 is 1.89 bits per heavy atom. The van der Waals surface area contributed by atoms with Crippen LogP contribution >= 0.6 is 11.8 Å². The lowest BCUT2D eigenvalue weighted by molar-refractivity contribution is -0.140. The summed E-state index contributed by atoms with van der Waals surface area (Å²) in [7, 11) is 0. The molecule has 2 atom stereocenters. The molecule has 2 heterocycles. The molecule has 2 saturated heterocycles. The van der Waals surface area contributed by atoms with E-state index in [1.165, 1.54) is 12.8 Å². The normalized spacial score (nSPS) is 30.4. The number of carbonyl (C=O) groups is 1. The molecule has 0 unspecified atom stereocenters. The minimum Gasteiger partial charge on any atom is -0.372 e. The zero-order valence-corrected chi connectivity index (χ0v) is 12.2. The molecule has 0 aromatic heterocycles.